The number of carbonyl (C=O) groups excluding carboxylic acids is 1. The van der Waals surface area contributed by atoms with E-state index in [0.29, 0.717) is 11.1 Å². The highest BCUT2D eigenvalue weighted by atomic mass is 32.2. The monoisotopic (exact) mass is 469 g/mol. The Morgan fingerprint density at radius 3 is 2.12 bits per heavy atom. The number of halogens is 1. The predicted molar refractivity (Wildman–Crippen MR) is 129 cm³/mol. The number of hydrogen-bond acceptors (Lipinski definition) is 3. The molecule has 0 fully saturated rings. The summed E-state index contributed by atoms with van der Waals surface area (Å²) in [5, 5.41) is 3.03. The molecule has 0 heterocycles. The molecule has 1 atom stereocenters. The third-order valence-corrected chi connectivity index (χ3v) is 7.12. The van der Waals surface area contributed by atoms with E-state index in [4.69, 9.17) is 0 Å². The van der Waals surface area contributed by atoms with E-state index in [1.807, 2.05) is 37.3 Å². The highest BCUT2D eigenvalue weighted by Gasteiger charge is 2.27. The molecule has 1 N–H and O–H groups in total. The molecular formula is C25H28FN3O3S. The normalized spacial score (nSPS) is 12.4. The molecule has 0 aliphatic carbocycles. The molecule has 33 heavy (non-hydrogen) atoms. The van der Waals surface area contributed by atoms with E-state index in [0.717, 1.165) is 20.6 Å². The Morgan fingerprint density at radius 1 is 0.939 bits per heavy atom. The Labute approximate surface area is 194 Å². The van der Waals surface area contributed by atoms with Crippen LogP contribution in [0.15, 0.2) is 78.9 Å². The zero-order chi connectivity index (χ0) is 24.0. The molecule has 0 aliphatic heterocycles. The van der Waals surface area contributed by atoms with Gasteiger partial charge in [-0.3, -0.25) is 9.10 Å². The lowest BCUT2D eigenvalue weighted by Crippen LogP contribution is -2.40. The number of rotatable bonds is 9. The third kappa shape index (κ3) is 5.77. The molecule has 0 unspecified atom stereocenters. The molecule has 3 rings (SSSR count). The average molecular weight is 470 g/mol. The molecule has 6 nitrogen and oxygen atoms in total. The molecule has 1 amide bonds. The van der Waals surface area contributed by atoms with Crippen molar-refractivity contribution in [3.8, 4) is 0 Å². The van der Waals surface area contributed by atoms with Gasteiger partial charge in [0.2, 0.25) is 0 Å². The summed E-state index contributed by atoms with van der Waals surface area (Å²) in [6.07, 6.45) is 0.744. The van der Waals surface area contributed by atoms with Crippen LogP contribution in [-0.2, 0) is 16.8 Å². The Bertz CT molecular complexity index is 1180. The van der Waals surface area contributed by atoms with Crippen molar-refractivity contribution in [3.63, 3.8) is 0 Å². The molecule has 3 aromatic rings. The summed E-state index contributed by atoms with van der Waals surface area (Å²) < 4.78 is 42.2. The standard InChI is InChI=1S/C25H28FN3O3S/c1-4-23(20-10-6-5-7-11-20)27-25(30)21-16-14-19(15-17-21)18-29(33(31,32)28(2)3)24-13-9-8-12-22(24)26/h5-17,23H,4,18H2,1-3H3,(H,27,30)/t23-/m0/s1. The number of benzene rings is 3. The van der Waals surface area contributed by atoms with Gasteiger partial charge in [0, 0.05) is 19.7 Å². The van der Waals surface area contributed by atoms with Gasteiger partial charge in [-0.15, -0.1) is 0 Å². The lowest BCUT2D eigenvalue weighted by molar-refractivity contribution is 0.0935. The van der Waals surface area contributed by atoms with Crippen molar-refractivity contribution in [2.24, 2.45) is 0 Å². The molecule has 0 saturated heterocycles. The molecule has 0 saturated carbocycles. The molecule has 174 valence electrons. The van der Waals surface area contributed by atoms with Crippen molar-refractivity contribution in [1.82, 2.24) is 9.62 Å². The van der Waals surface area contributed by atoms with Gasteiger partial charge in [-0.1, -0.05) is 61.5 Å². The molecule has 0 spiro atoms. The van der Waals surface area contributed by atoms with Gasteiger partial charge >= 0.3 is 10.2 Å². The number of para-hydroxylation sites is 1. The maximum Gasteiger partial charge on any atom is 0.303 e. The van der Waals surface area contributed by atoms with Crippen molar-refractivity contribution in [1.29, 1.82) is 0 Å². The third-order valence-electron chi connectivity index (χ3n) is 5.32. The van der Waals surface area contributed by atoms with Crippen LogP contribution in [0.4, 0.5) is 10.1 Å². The van der Waals surface area contributed by atoms with Crippen molar-refractivity contribution in [2.45, 2.75) is 25.9 Å². The topological polar surface area (TPSA) is 69.7 Å². The average Bonchev–Trinajstić information content (AvgIpc) is 2.82. The van der Waals surface area contributed by atoms with Crippen LogP contribution in [0.5, 0.6) is 0 Å². The minimum atomic E-state index is -3.94. The largest absolute Gasteiger partial charge is 0.345 e. The highest BCUT2D eigenvalue weighted by Crippen LogP contribution is 2.25. The zero-order valence-electron chi connectivity index (χ0n) is 18.9. The molecule has 8 heteroatoms. The van der Waals surface area contributed by atoms with E-state index in [9.17, 15) is 17.6 Å². The first kappa shape index (κ1) is 24.4. The van der Waals surface area contributed by atoms with Gasteiger partial charge in [-0.25, -0.2) is 4.39 Å². The second-order valence-electron chi connectivity index (χ2n) is 7.79. The summed E-state index contributed by atoms with van der Waals surface area (Å²) in [6.45, 7) is 1.93. The van der Waals surface area contributed by atoms with Gasteiger partial charge in [-0.05, 0) is 41.8 Å². The van der Waals surface area contributed by atoms with Crippen LogP contribution < -0.4 is 9.62 Å². The summed E-state index contributed by atoms with van der Waals surface area (Å²) in [7, 11) is -1.15. The Morgan fingerprint density at radius 2 is 1.55 bits per heavy atom. The molecule has 0 bridgehead atoms. The number of nitrogens with one attached hydrogen (secondary N) is 1. The Balaban J connectivity index is 1.80. The van der Waals surface area contributed by atoms with Gasteiger partial charge in [0.05, 0.1) is 18.3 Å². The first-order chi connectivity index (χ1) is 15.7. The summed E-state index contributed by atoms with van der Waals surface area (Å²) in [5.74, 6) is -0.852. The highest BCUT2D eigenvalue weighted by molar-refractivity contribution is 7.90. The number of carbonyl (C=O) groups is 1. The molecule has 0 aliphatic rings. The smallest absolute Gasteiger partial charge is 0.303 e. The SMILES string of the molecule is CC[C@H](NC(=O)c1ccc(CN(c2ccccc2F)S(=O)(=O)N(C)C)cc1)c1ccccc1. The summed E-state index contributed by atoms with van der Waals surface area (Å²) >= 11 is 0. The van der Waals surface area contributed by atoms with Gasteiger partial charge in [0.1, 0.15) is 5.82 Å². The number of anilines is 1. The van der Waals surface area contributed by atoms with E-state index < -0.39 is 16.0 Å². The number of nitrogens with zero attached hydrogens (tertiary/aromatic N) is 2. The quantitative estimate of drug-likeness (QED) is 0.501. The molecular weight excluding hydrogens is 441 g/mol. The second-order valence-corrected chi connectivity index (χ2v) is 9.86. The Hall–Kier alpha value is -3.23. The minimum absolute atomic E-state index is 0.0401. The van der Waals surface area contributed by atoms with Crippen molar-refractivity contribution >= 4 is 21.8 Å². The van der Waals surface area contributed by atoms with Crippen LogP contribution in [0, 0.1) is 5.82 Å². The van der Waals surface area contributed by atoms with Crippen LogP contribution in [0.3, 0.4) is 0 Å². The summed E-state index contributed by atoms with van der Waals surface area (Å²) in [4.78, 5) is 12.8. The van der Waals surface area contributed by atoms with Crippen LogP contribution in [0.1, 0.15) is 40.9 Å². The van der Waals surface area contributed by atoms with E-state index >= 15 is 0 Å². The molecule has 0 radical (unpaired) electrons. The first-order valence-electron chi connectivity index (χ1n) is 10.6. The van der Waals surface area contributed by atoms with Crippen LogP contribution >= 0.6 is 0 Å². The van der Waals surface area contributed by atoms with Crippen molar-refractivity contribution in [3.05, 3.63) is 101 Å². The van der Waals surface area contributed by atoms with Gasteiger partial charge < -0.3 is 5.32 Å². The summed E-state index contributed by atoms with van der Waals surface area (Å²) in [6, 6.07) is 22.0. The van der Waals surface area contributed by atoms with E-state index in [1.54, 1.807) is 30.3 Å². The maximum absolute atomic E-state index is 14.4. The fourth-order valence-corrected chi connectivity index (χ4v) is 4.52. The van der Waals surface area contributed by atoms with E-state index in [2.05, 4.69) is 5.32 Å². The summed E-state index contributed by atoms with van der Waals surface area (Å²) in [5.41, 5.74) is 2.07. The maximum atomic E-state index is 14.4. The fraction of sp³-hybridized carbons (Fsp3) is 0.240. The fourth-order valence-electron chi connectivity index (χ4n) is 3.42. The van der Waals surface area contributed by atoms with E-state index in [1.165, 1.54) is 32.3 Å². The molecule has 3 aromatic carbocycles. The van der Waals surface area contributed by atoms with Gasteiger partial charge in [-0.2, -0.15) is 12.7 Å². The predicted octanol–water partition coefficient (Wildman–Crippen LogP) is 4.52. The van der Waals surface area contributed by atoms with E-state index in [-0.39, 0.29) is 24.2 Å². The lowest BCUT2D eigenvalue weighted by Gasteiger charge is -2.27. The van der Waals surface area contributed by atoms with Crippen molar-refractivity contribution < 1.29 is 17.6 Å². The second kappa shape index (κ2) is 10.6. The molecule has 0 aromatic heterocycles. The minimum Gasteiger partial charge on any atom is -0.345 e. The Kier molecular flexibility index (Phi) is 7.84. The van der Waals surface area contributed by atoms with Crippen LogP contribution in [-0.4, -0.2) is 32.7 Å². The lowest BCUT2D eigenvalue weighted by atomic mass is 10.0. The van der Waals surface area contributed by atoms with Crippen LogP contribution in [0.2, 0.25) is 0 Å². The van der Waals surface area contributed by atoms with Gasteiger partial charge in [0.15, 0.2) is 0 Å². The zero-order valence-corrected chi connectivity index (χ0v) is 19.7. The number of amides is 1. The first-order valence-corrected chi connectivity index (χ1v) is 12.0. The number of hydrogen-bond donors (Lipinski definition) is 1. The van der Waals surface area contributed by atoms with Crippen molar-refractivity contribution in [2.75, 3.05) is 18.4 Å². The van der Waals surface area contributed by atoms with Crippen LogP contribution in [0.25, 0.3) is 0 Å². The van der Waals surface area contributed by atoms with Gasteiger partial charge in [0.25, 0.3) is 5.91 Å².